The van der Waals surface area contributed by atoms with Gasteiger partial charge in [-0.2, -0.15) is 0 Å². The summed E-state index contributed by atoms with van der Waals surface area (Å²) in [6, 6.07) is 8.67. The number of halogens is 1. The molecule has 10 heteroatoms. The monoisotopic (exact) mass is 486 g/mol. The maximum atomic E-state index is 12.3. The second kappa shape index (κ2) is 12.0. The highest BCUT2D eigenvalue weighted by Gasteiger charge is 2.18. The van der Waals surface area contributed by atoms with Gasteiger partial charge < -0.3 is 24.8 Å². The van der Waals surface area contributed by atoms with Gasteiger partial charge in [0.2, 0.25) is 5.91 Å². The quantitative estimate of drug-likeness (QED) is 0.167. The smallest absolute Gasteiger partial charge is 0.311 e. The van der Waals surface area contributed by atoms with Crippen LogP contribution in [0.2, 0.25) is 0 Å². The molecule has 2 N–H and O–H groups in total. The Morgan fingerprint density at radius 1 is 1.12 bits per heavy atom. The summed E-state index contributed by atoms with van der Waals surface area (Å²) < 4.78 is 16.9. The lowest BCUT2D eigenvalue weighted by molar-refractivity contribution is -0.134. The average Bonchev–Trinajstić information content (AvgIpc) is 2.81. The summed E-state index contributed by atoms with van der Waals surface area (Å²) in [5.74, 6) is 1.51. The van der Waals surface area contributed by atoms with Gasteiger partial charge in [0.05, 0.1) is 30.6 Å². The van der Waals surface area contributed by atoms with E-state index >= 15 is 0 Å². The molecule has 34 heavy (non-hydrogen) atoms. The molecule has 0 aliphatic carbocycles. The van der Waals surface area contributed by atoms with Gasteiger partial charge in [0, 0.05) is 30.7 Å². The van der Waals surface area contributed by atoms with Crippen molar-refractivity contribution in [2.24, 2.45) is 0 Å². The van der Waals surface area contributed by atoms with E-state index in [1.807, 2.05) is 6.92 Å². The number of para-hydroxylation sites is 1. The summed E-state index contributed by atoms with van der Waals surface area (Å²) in [5, 5.41) is 6.58. The van der Waals surface area contributed by atoms with Gasteiger partial charge in [-0.05, 0) is 31.0 Å². The minimum Gasteiger partial charge on any atom is -0.493 e. The van der Waals surface area contributed by atoms with Gasteiger partial charge in [-0.1, -0.05) is 13.0 Å². The first-order valence-corrected chi connectivity index (χ1v) is 11.4. The number of esters is 1. The third kappa shape index (κ3) is 6.26. The number of anilines is 3. The Balaban J connectivity index is 2.04. The minimum atomic E-state index is -0.407. The predicted molar refractivity (Wildman–Crippen MR) is 131 cm³/mol. The Kier molecular flexibility index (Phi) is 8.86. The van der Waals surface area contributed by atoms with E-state index in [0.29, 0.717) is 64.9 Å². The fraction of sp³-hybridized carbons (Fsp3) is 0.333. The van der Waals surface area contributed by atoms with Gasteiger partial charge in [-0.3, -0.25) is 9.59 Å². The highest BCUT2D eigenvalue weighted by molar-refractivity contribution is 6.17. The number of nitrogens with one attached hydrogen (secondary N) is 2. The number of alkyl halides is 1. The number of aromatic nitrogens is 2. The van der Waals surface area contributed by atoms with Gasteiger partial charge in [-0.25, -0.2) is 9.97 Å². The second-order valence-electron chi connectivity index (χ2n) is 7.35. The van der Waals surface area contributed by atoms with E-state index in [4.69, 9.17) is 25.8 Å². The van der Waals surface area contributed by atoms with E-state index in [0.717, 1.165) is 0 Å². The van der Waals surface area contributed by atoms with Crippen LogP contribution >= 0.6 is 11.6 Å². The highest BCUT2D eigenvalue weighted by Crippen LogP contribution is 2.39. The number of benzene rings is 2. The first-order chi connectivity index (χ1) is 16.5. The lowest BCUT2D eigenvalue weighted by atomic mass is 10.2. The normalized spacial score (nSPS) is 10.6. The van der Waals surface area contributed by atoms with Crippen molar-refractivity contribution in [2.45, 2.75) is 33.1 Å². The first kappa shape index (κ1) is 25.0. The Morgan fingerprint density at radius 2 is 1.91 bits per heavy atom. The van der Waals surface area contributed by atoms with Gasteiger partial charge in [0.1, 0.15) is 12.1 Å². The van der Waals surface area contributed by atoms with Gasteiger partial charge in [0.15, 0.2) is 17.2 Å². The van der Waals surface area contributed by atoms with Crippen LogP contribution in [0.3, 0.4) is 0 Å². The molecule has 0 saturated heterocycles. The van der Waals surface area contributed by atoms with Crippen molar-refractivity contribution in [1.82, 2.24) is 9.97 Å². The second-order valence-corrected chi connectivity index (χ2v) is 7.72. The average molecular weight is 487 g/mol. The molecule has 2 aromatic carbocycles. The molecule has 9 nitrogen and oxygen atoms in total. The zero-order chi connectivity index (χ0) is 24.5. The zero-order valence-corrected chi connectivity index (χ0v) is 20.1. The van der Waals surface area contributed by atoms with E-state index in [1.54, 1.807) is 37.4 Å². The summed E-state index contributed by atoms with van der Waals surface area (Å²) in [4.78, 5) is 32.7. The maximum absolute atomic E-state index is 12.3. The Morgan fingerprint density at radius 3 is 2.62 bits per heavy atom. The summed E-state index contributed by atoms with van der Waals surface area (Å²) in [6.07, 6.45) is 2.97. The molecular formula is C24H27ClN4O5. The van der Waals surface area contributed by atoms with Crippen molar-refractivity contribution in [3.8, 4) is 17.2 Å². The minimum absolute atomic E-state index is 0.204. The zero-order valence-electron chi connectivity index (χ0n) is 19.3. The van der Waals surface area contributed by atoms with Crippen LogP contribution in [-0.2, 0) is 9.59 Å². The van der Waals surface area contributed by atoms with Crippen molar-refractivity contribution >= 4 is 51.6 Å². The van der Waals surface area contributed by atoms with E-state index in [1.165, 1.54) is 13.3 Å². The highest BCUT2D eigenvalue weighted by atomic mass is 35.5. The molecule has 0 bridgehead atoms. The molecule has 1 amide bonds. The van der Waals surface area contributed by atoms with E-state index in [-0.39, 0.29) is 18.1 Å². The van der Waals surface area contributed by atoms with E-state index < -0.39 is 5.97 Å². The topological polar surface area (TPSA) is 112 Å². The molecule has 0 radical (unpaired) electrons. The molecular weight excluding hydrogens is 460 g/mol. The van der Waals surface area contributed by atoms with Crippen LogP contribution in [-0.4, -0.2) is 41.4 Å². The SMILES string of the molecule is CCCC(=O)Oc1c(NC(C)=O)cccc1Nc1ncnc2cc(OC)c(OCCCCl)cc12. The number of carbonyl (C=O) groups excluding carboxylic acids is 2. The third-order valence-electron chi connectivity index (χ3n) is 4.71. The van der Waals surface area contributed by atoms with Crippen LogP contribution in [0.4, 0.5) is 17.2 Å². The van der Waals surface area contributed by atoms with Crippen molar-refractivity contribution in [1.29, 1.82) is 0 Å². The molecule has 1 aromatic heterocycles. The number of fused-ring (bicyclic) bond motifs is 1. The molecule has 0 aliphatic heterocycles. The lowest BCUT2D eigenvalue weighted by Gasteiger charge is -2.17. The molecule has 0 spiro atoms. The predicted octanol–water partition coefficient (Wildman–Crippen LogP) is 5.05. The number of rotatable bonds is 11. The largest absolute Gasteiger partial charge is 0.493 e. The summed E-state index contributed by atoms with van der Waals surface area (Å²) in [5.41, 5.74) is 1.45. The fourth-order valence-electron chi connectivity index (χ4n) is 3.20. The molecule has 0 unspecified atom stereocenters. The molecule has 0 atom stereocenters. The van der Waals surface area contributed by atoms with Crippen LogP contribution in [0.25, 0.3) is 10.9 Å². The summed E-state index contributed by atoms with van der Waals surface area (Å²) in [7, 11) is 1.56. The van der Waals surface area contributed by atoms with E-state index in [9.17, 15) is 9.59 Å². The molecule has 1 heterocycles. The van der Waals surface area contributed by atoms with Crippen molar-refractivity contribution < 1.29 is 23.8 Å². The Labute approximate surface area is 202 Å². The molecule has 180 valence electrons. The molecule has 0 saturated carbocycles. The van der Waals surface area contributed by atoms with Crippen LogP contribution in [0.1, 0.15) is 33.1 Å². The lowest BCUT2D eigenvalue weighted by Crippen LogP contribution is -2.13. The van der Waals surface area contributed by atoms with E-state index in [2.05, 4.69) is 20.6 Å². The summed E-state index contributed by atoms with van der Waals surface area (Å²) in [6.45, 7) is 3.70. The van der Waals surface area contributed by atoms with Crippen LogP contribution < -0.4 is 24.8 Å². The first-order valence-electron chi connectivity index (χ1n) is 10.9. The number of hydrogen-bond donors (Lipinski definition) is 2. The maximum Gasteiger partial charge on any atom is 0.311 e. The van der Waals surface area contributed by atoms with Crippen LogP contribution in [0.15, 0.2) is 36.7 Å². The van der Waals surface area contributed by atoms with Crippen LogP contribution in [0.5, 0.6) is 17.2 Å². The van der Waals surface area contributed by atoms with Gasteiger partial charge >= 0.3 is 5.97 Å². The Bertz CT molecular complexity index is 1170. The number of methoxy groups -OCH3 is 1. The van der Waals surface area contributed by atoms with Crippen molar-refractivity contribution in [3.05, 3.63) is 36.7 Å². The number of ether oxygens (including phenoxy) is 3. The van der Waals surface area contributed by atoms with Gasteiger partial charge in [-0.15, -0.1) is 11.6 Å². The van der Waals surface area contributed by atoms with Crippen molar-refractivity contribution in [2.75, 3.05) is 30.2 Å². The Hall–Kier alpha value is -3.59. The number of nitrogens with zero attached hydrogens (tertiary/aromatic N) is 2. The number of hydrogen-bond acceptors (Lipinski definition) is 8. The molecule has 3 aromatic rings. The molecule has 0 aliphatic rings. The third-order valence-corrected chi connectivity index (χ3v) is 4.97. The van der Waals surface area contributed by atoms with Gasteiger partial charge in [0.25, 0.3) is 0 Å². The number of carbonyl (C=O) groups is 2. The fourth-order valence-corrected chi connectivity index (χ4v) is 3.31. The standard InChI is InChI=1S/C24H27ClN4O5/c1-4-7-22(31)34-23-17(28-15(2)30)8-5-9-18(23)29-24-16-12-21(33-11-6-10-25)20(32-3)13-19(16)26-14-27-24/h5,8-9,12-14H,4,6-7,10-11H2,1-3H3,(H,28,30)(H,26,27,29). The molecule has 3 rings (SSSR count). The number of amides is 1. The van der Waals surface area contributed by atoms with Crippen LogP contribution in [0, 0.1) is 0 Å². The summed E-state index contributed by atoms with van der Waals surface area (Å²) >= 11 is 5.76. The molecule has 0 fully saturated rings. The van der Waals surface area contributed by atoms with Crippen molar-refractivity contribution in [3.63, 3.8) is 0 Å².